The molecule has 0 spiro atoms. The van der Waals surface area contributed by atoms with E-state index in [1.54, 1.807) is 0 Å². The van der Waals surface area contributed by atoms with Crippen LogP contribution in [0.3, 0.4) is 0 Å². The molecule has 3 heterocycles. The van der Waals surface area contributed by atoms with Gasteiger partial charge in [0, 0.05) is 48.9 Å². The first-order valence-electron chi connectivity index (χ1n) is 13.2. The summed E-state index contributed by atoms with van der Waals surface area (Å²) in [5.74, 6) is -6.90. The molecule has 2 aliphatic rings. The lowest BCUT2D eigenvalue weighted by molar-refractivity contribution is 0.0935. The lowest BCUT2D eigenvalue weighted by Crippen LogP contribution is -2.32. The first-order valence-corrected chi connectivity index (χ1v) is 13.2. The number of amides is 1. The van der Waals surface area contributed by atoms with E-state index in [2.05, 4.69) is 47.2 Å². The summed E-state index contributed by atoms with van der Waals surface area (Å²) in [7, 11) is 0. The molecule has 39 heavy (non-hydrogen) atoms. The highest BCUT2D eigenvalue weighted by Gasteiger charge is 2.26. The van der Waals surface area contributed by atoms with Gasteiger partial charge in [-0.2, -0.15) is 9.49 Å². The van der Waals surface area contributed by atoms with Crippen LogP contribution in [0.5, 0.6) is 5.75 Å². The molecule has 10 heteroatoms. The van der Waals surface area contributed by atoms with Gasteiger partial charge in [0.2, 0.25) is 5.82 Å². The highest BCUT2D eigenvalue weighted by Crippen LogP contribution is 2.33. The highest BCUT2D eigenvalue weighted by molar-refractivity contribution is 5.94. The summed E-state index contributed by atoms with van der Waals surface area (Å²) in [5.41, 5.74) is 4.55. The molecule has 7 nitrogen and oxygen atoms in total. The summed E-state index contributed by atoms with van der Waals surface area (Å²) < 4.78 is 43.2. The van der Waals surface area contributed by atoms with E-state index in [-0.39, 0.29) is 18.5 Å². The molecule has 0 unspecified atom stereocenters. The van der Waals surface area contributed by atoms with Gasteiger partial charge < -0.3 is 15.7 Å². The Hall–Kier alpha value is -3.92. The Morgan fingerprint density at radius 3 is 2.72 bits per heavy atom. The fourth-order valence-electron chi connectivity index (χ4n) is 5.58. The Kier molecular flexibility index (Phi) is 6.72. The largest absolute Gasteiger partial charge is 0.503 e. The second kappa shape index (κ2) is 10.3. The maximum absolute atomic E-state index is 14.0. The number of phenols is 1. The van der Waals surface area contributed by atoms with Crippen molar-refractivity contribution in [1.29, 1.82) is 0 Å². The number of hydrogen-bond donors (Lipinski definition) is 3. The fourth-order valence-corrected chi connectivity index (χ4v) is 5.58. The van der Waals surface area contributed by atoms with Crippen molar-refractivity contribution in [3.63, 3.8) is 0 Å². The molecule has 1 aliphatic carbocycles. The third kappa shape index (κ3) is 4.96. The number of carbonyl (C=O) groups is 1. The van der Waals surface area contributed by atoms with Crippen molar-refractivity contribution in [3.8, 4) is 17.0 Å². The quantitative estimate of drug-likeness (QED) is 0.312. The van der Waals surface area contributed by atoms with Crippen molar-refractivity contribution in [1.82, 2.24) is 25.4 Å². The molecule has 202 valence electrons. The zero-order chi connectivity index (χ0) is 27.1. The molecular formula is C29H28F3N5O2. The topological polar surface area (TPSA) is 92.1 Å². The molecule has 0 bridgehead atoms. The SMILES string of the molecule is O=C(NCC1CCC(n2cc3ccc(-c4ccc5c(n4)CCNC5)cc3n2)CC1)c1cc(F)c(O)c(F)c1F. The number of benzene rings is 2. The second-order valence-electron chi connectivity index (χ2n) is 10.4. The Morgan fingerprint density at radius 2 is 1.90 bits per heavy atom. The van der Waals surface area contributed by atoms with E-state index in [0.29, 0.717) is 6.07 Å². The van der Waals surface area contributed by atoms with Crippen molar-refractivity contribution in [3.05, 3.63) is 76.9 Å². The van der Waals surface area contributed by atoms with Gasteiger partial charge in [0.1, 0.15) is 0 Å². The lowest BCUT2D eigenvalue weighted by Gasteiger charge is -2.28. The van der Waals surface area contributed by atoms with E-state index in [0.717, 1.165) is 73.0 Å². The second-order valence-corrected chi connectivity index (χ2v) is 10.4. The van der Waals surface area contributed by atoms with Crippen LogP contribution in [0.15, 0.2) is 42.6 Å². The van der Waals surface area contributed by atoms with Gasteiger partial charge in [-0.15, -0.1) is 0 Å². The number of fused-ring (bicyclic) bond motifs is 2. The first kappa shape index (κ1) is 25.4. The van der Waals surface area contributed by atoms with Crippen LogP contribution in [-0.4, -0.2) is 38.9 Å². The number of pyridine rings is 1. The van der Waals surface area contributed by atoms with Gasteiger partial charge in [-0.1, -0.05) is 18.2 Å². The molecule has 1 fully saturated rings. The summed E-state index contributed by atoms with van der Waals surface area (Å²) >= 11 is 0. The summed E-state index contributed by atoms with van der Waals surface area (Å²) in [6.07, 6.45) is 6.35. The van der Waals surface area contributed by atoms with Crippen LogP contribution in [0.4, 0.5) is 13.2 Å². The van der Waals surface area contributed by atoms with Crippen LogP contribution in [0.1, 0.15) is 53.3 Å². The van der Waals surface area contributed by atoms with Gasteiger partial charge in [-0.3, -0.25) is 14.5 Å². The monoisotopic (exact) mass is 535 g/mol. The van der Waals surface area contributed by atoms with E-state index in [4.69, 9.17) is 15.2 Å². The third-order valence-corrected chi connectivity index (χ3v) is 7.86. The summed E-state index contributed by atoms with van der Waals surface area (Å²) in [6.45, 7) is 2.07. The van der Waals surface area contributed by atoms with Crippen molar-refractivity contribution in [2.45, 2.75) is 44.7 Å². The average molecular weight is 536 g/mol. The number of phenolic OH excluding ortho intramolecular Hbond substituents is 1. The number of aromatic hydroxyl groups is 1. The molecule has 1 amide bonds. The Labute approximate surface area is 223 Å². The number of halogens is 3. The summed E-state index contributed by atoms with van der Waals surface area (Å²) in [5, 5.41) is 21.0. The van der Waals surface area contributed by atoms with Gasteiger partial charge in [0.05, 0.1) is 22.8 Å². The number of aromatic nitrogens is 3. The maximum atomic E-state index is 14.0. The zero-order valence-corrected chi connectivity index (χ0v) is 21.2. The molecule has 2 aromatic carbocycles. The maximum Gasteiger partial charge on any atom is 0.254 e. The number of rotatable bonds is 5. The van der Waals surface area contributed by atoms with Gasteiger partial charge >= 0.3 is 0 Å². The van der Waals surface area contributed by atoms with Crippen LogP contribution in [-0.2, 0) is 13.0 Å². The molecule has 1 aliphatic heterocycles. The van der Waals surface area contributed by atoms with Crippen LogP contribution >= 0.6 is 0 Å². The van der Waals surface area contributed by atoms with Crippen LogP contribution in [0.25, 0.3) is 22.2 Å². The van der Waals surface area contributed by atoms with Crippen molar-refractivity contribution in [2.75, 3.05) is 13.1 Å². The molecule has 6 rings (SSSR count). The average Bonchev–Trinajstić information content (AvgIpc) is 3.40. The zero-order valence-electron chi connectivity index (χ0n) is 21.2. The third-order valence-electron chi connectivity index (χ3n) is 7.86. The van der Waals surface area contributed by atoms with E-state index in [9.17, 15) is 18.0 Å². The van der Waals surface area contributed by atoms with E-state index in [1.165, 1.54) is 5.56 Å². The van der Waals surface area contributed by atoms with Crippen LogP contribution in [0, 0.1) is 23.4 Å². The van der Waals surface area contributed by atoms with Gasteiger partial charge in [-0.05, 0) is 55.4 Å². The smallest absolute Gasteiger partial charge is 0.254 e. The number of hydrogen-bond acceptors (Lipinski definition) is 5. The van der Waals surface area contributed by atoms with Gasteiger partial charge in [-0.25, -0.2) is 8.78 Å². The molecule has 0 saturated heterocycles. The number of nitrogens with zero attached hydrogens (tertiary/aromatic N) is 3. The van der Waals surface area contributed by atoms with Gasteiger partial charge in [0.15, 0.2) is 17.4 Å². The minimum Gasteiger partial charge on any atom is -0.503 e. The van der Waals surface area contributed by atoms with E-state index < -0.39 is 34.7 Å². The molecule has 4 aromatic rings. The summed E-state index contributed by atoms with van der Waals surface area (Å²) in [6, 6.07) is 11.2. The fraction of sp³-hybridized carbons (Fsp3) is 0.345. The lowest BCUT2D eigenvalue weighted by atomic mass is 9.86. The van der Waals surface area contributed by atoms with E-state index in [1.807, 2.05) is 4.68 Å². The molecule has 0 radical (unpaired) electrons. The minimum absolute atomic E-state index is 0.155. The van der Waals surface area contributed by atoms with Crippen LogP contribution < -0.4 is 10.6 Å². The van der Waals surface area contributed by atoms with Crippen molar-refractivity contribution in [2.24, 2.45) is 5.92 Å². The Morgan fingerprint density at radius 1 is 1.08 bits per heavy atom. The highest BCUT2D eigenvalue weighted by atomic mass is 19.2. The van der Waals surface area contributed by atoms with E-state index >= 15 is 0 Å². The normalized spacial score (nSPS) is 19.2. The van der Waals surface area contributed by atoms with Crippen LogP contribution in [0.2, 0.25) is 0 Å². The molecular weight excluding hydrogens is 507 g/mol. The Bertz CT molecular complexity index is 1560. The molecule has 1 saturated carbocycles. The molecule has 0 atom stereocenters. The number of carbonyl (C=O) groups excluding carboxylic acids is 1. The predicted octanol–water partition coefficient (Wildman–Crippen LogP) is 5.03. The molecule has 2 aromatic heterocycles. The Balaban J connectivity index is 1.08. The minimum atomic E-state index is -1.77. The first-order chi connectivity index (χ1) is 18.9. The predicted molar refractivity (Wildman–Crippen MR) is 140 cm³/mol. The standard InChI is InChI=1S/C29H28F3N5O2/c30-22-12-21(26(31)27(32)28(22)38)29(39)34-13-16-1-6-20(7-2-16)37-15-19-4-3-17(11-25(19)36-37)23-8-5-18-14-33-10-9-24(18)35-23/h3-5,8,11-12,15-16,20,33,38H,1-2,6-7,9-10,13-14H2,(H,34,39). The number of nitrogens with one attached hydrogen (secondary N) is 2. The van der Waals surface area contributed by atoms with Crippen molar-refractivity contribution < 1.29 is 23.1 Å². The molecule has 3 N–H and O–H groups in total. The summed E-state index contributed by atoms with van der Waals surface area (Å²) in [4.78, 5) is 17.2. The van der Waals surface area contributed by atoms with Gasteiger partial charge in [0.25, 0.3) is 5.91 Å². The van der Waals surface area contributed by atoms with Crippen molar-refractivity contribution >= 4 is 16.8 Å².